The summed E-state index contributed by atoms with van der Waals surface area (Å²) in [5, 5.41) is 0. The summed E-state index contributed by atoms with van der Waals surface area (Å²) in [7, 11) is 1.87. The van der Waals surface area contributed by atoms with Crippen LogP contribution in [0.4, 0.5) is 0 Å². The highest BCUT2D eigenvalue weighted by Gasteiger charge is 2.43. The molecule has 0 amide bonds. The topological polar surface area (TPSA) is 12.5 Å². The summed E-state index contributed by atoms with van der Waals surface area (Å²) in [6, 6.07) is 0. The normalized spacial score (nSPS) is 37.3. The number of methoxy groups -OCH3 is 1. The van der Waals surface area contributed by atoms with Gasteiger partial charge in [-0.05, 0) is 43.6 Å². The van der Waals surface area contributed by atoms with Gasteiger partial charge in [0, 0.05) is 20.2 Å². The van der Waals surface area contributed by atoms with Gasteiger partial charge in [-0.3, -0.25) is 0 Å². The van der Waals surface area contributed by atoms with Crippen LogP contribution in [0.25, 0.3) is 0 Å². The van der Waals surface area contributed by atoms with E-state index in [1.54, 1.807) is 0 Å². The quantitative estimate of drug-likeness (QED) is 0.729. The van der Waals surface area contributed by atoms with Crippen molar-refractivity contribution in [2.24, 2.45) is 11.3 Å². The van der Waals surface area contributed by atoms with Crippen molar-refractivity contribution in [2.45, 2.75) is 52.1 Å². The summed E-state index contributed by atoms with van der Waals surface area (Å²) < 4.78 is 5.52. The number of likely N-dealkylation sites (tertiary alicyclic amines) is 1. The van der Waals surface area contributed by atoms with Crippen molar-refractivity contribution < 1.29 is 4.74 Å². The van der Waals surface area contributed by atoms with Gasteiger partial charge in [0.2, 0.25) is 0 Å². The van der Waals surface area contributed by atoms with Crippen molar-refractivity contribution in [1.29, 1.82) is 0 Å². The number of rotatable bonds is 4. The van der Waals surface area contributed by atoms with Crippen LogP contribution in [0.15, 0.2) is 0 Å². The van der Waals surface area contributed by atoms with Crippen LogP contribution in [0, 0.1) is 11.3 Å². The largest absolute Gasteiger partial charge is 0.381 e. The Kier molecular flexibility index (Phi) is 3.91. The van der Waals surface area contributed by atoms with Gasteiger partial charge in [0.1, 0.15) is 0 Å². The molecule has 94 valence electrons. The molecule has 0 aromatic heterocycles. The molecule has 0 bridgehead atoms. The van der Waals surface area contributed by atoms with Gasteiger partial charge in [0.05, 0.1) is 6.10 Å². The molecule has 1 spiro atoms. The van der Waals surface area contributed by atoms with E-state index in [1.165, 1.54) is 51.7 Å². The Labute approximate surface area is 100 Å². The minimum Gasteiger partial charge on any atom is -0.381 e. The van der Waals surface area contributed by atoms with E-state index < -0.39 is 0 Å². The Bertz CT molecular complexity index is 231. The van der Waals surface area contributed by atoms with Crippen molar-refractivity contribution in [1.82, 2.24) is 4.90 Å². The third-order valence-corrected chi connectivity index (χ3v) is 4.77. The molecule has 2 fully saturated rings. The molecule has 3 atom stereocenters. The summed E-state index contributed by atoms with van der Waals surface area (Å²) in [4.78, 5) is 2.69. The van der Waals surface area contributed by atoms with Crippen LogP contribution in [0.1, 0.15) is 46.0 Å². The van der Waals surface area contributed by atoms with Gasteiger partial charge in [0.25, 0.3) is 0 Å². The standard InChI is InChI=1S/C14H27NO/c1-4-12(2)10-15-8-7-14(11-15)6-5-13(9-14)16-3/h12-13H,4-11H2,1-3H3. The fourth-order valence-electron chi connectivity index (χ4n) is 3.48. The van der Waals surface area contributed by atoms with Crippen LogP contribution in [-0.4, -0.2) is 37.7 Å². The minimum absolute atomic E-state index is 0.545. The zero-order chi connectivity index (χ0) is 11.6. The number of ether oxygens (including phenoxy) is 1. The lowest BCUT2D eigenvalue weighted by Crippen LogP contribution is -2.29. The molecule has 2 rings (SSSR count). The third-order valence-electron chi connectivity index (χ3n) is 4.77. The summed E-state index contributed by atoms with van der Waals surface area (Å²) in [6.45, 7) is 8.62. The van der Waals surface area contributed by atoms with E-state index in [9.17, 15) is 0 Å². The van der Waals surface area contributed by atoms with E-state index in [-0.39, 0.29) is 0 Å². The second-order valence-corrected chi connectivity index (χ2v) is 6.10. The van der Waals surface area contributed by atoms with Crippen LogP contribution < -0.4 is 0 Å². The van der Waals surface area contributed by atoms with Gasteiger partial charge >= 0.3 is 0 Å². The highest BCUT2D eigenvalue weighted by Crippen LogP contribution is 2.46. The smallest absolute Gasteiger partial charge is 0.0577 e. The molecule has 0 radical (unpaired) electrons. The van der Waals surface area contributed by atoms with Crippen molar-refractivity contribution in [3.8, 4) is 0 Å². The van der Waals surface area contributed by atoms with E-state index in [2.05, 4.69) is 18.7 Å². The van der Waals surface area contributed by atoms with Crippen LogP contribution >= 0.6 is 0 Å². The second-order valence-electron chi connectivity index (χ2n) is 6.10. The monoisotopic (exact) mass is 225 g/mol. The Morgan fingerprint density at radius 3 is 2.88 bits per heavy atom. The Morgan fingerprint density at radius 1 is 1.44 bits per heavy atom. The molecule has 3 unspecified atom stereocenters. The SMILES string of the molecule is CCC(C)CN1CCC2(CCC(OC)C2)C1. The minimum atomic E-state index is 0.545. The van der Waals surface area contributed by atoms with E-state index in [4.69, 9.17) is 4.74 Å². The lowest BCUT2D eigenvalue weighted by atomic mass is 9.85. The first-order chi connectivity index (χ1) is 7.67. The molecule has 1 saturated carbocycles. The zero-order valence-electron chi connectivity index (χ0n) is 11.2. The van der Waals surface area contributed by atoms with Gasteiger partial charge in [-0.2, -0.15) is 0 Å². The molecule has 1 aliphatic carbocycles. The Hall–Kier alpha value is -0.0800. The average molecular weight is 225 g/mol. The molecule has 2 heteroatoms. The van der Waals surface area contributed by atoms with E-state index in [0.29, 0.717) is 11.5 Å². The van der Waals surface area contributed by atoms with Gasteiger partial charge in [-0.15, -0.1) is 0 Å². The van der Waals surface area contributed by atoms with Crippen molar-refractivity contribution >= 4 is 0 Å². The Balaban J connectivity index is 1.83. The van der Waals surface area contributed by atoms with Gasteiger partial charge in [0.15, 0.2) is 0 Å². The zero-order valence-corrected chi connectivity index (χ0v) is 11.2. The summed E-state index contributed by atoms with van der Waals surface area (Å²) in [5.74, 6) is 0.856. The molecule has 1 heterocycles. The lowest BCUT2D eigenvalue weighted by molar-refractivity contribution is 0.0953. The molecular formula is C14H27NO. The fraction of sp³-hybridized carbons (Fsp3) is 1.00. The van der Waals surface area contributed by atoms with Crippen molar-refractivity contribution in [3.05, 3.63) is 0 Å². The van der Waals surface area contributed by atoms with Crippen LogP contribution in [-0.2, 0) is 4.74 Å². The molecule has 16 heavy (non-hydrogen) atoms. The van der Waals surface area contributed by atoms with Crippen LogP contribution in [0.2, 0.25) is 0 Å². The molecule has 0 aromatic carbocycles. The predicted molar refractivity (Wildman–Crippen MR) is 67.6 cm³/mol. The van der Waals surface area contributed by atoms with Gasteiger partial charge < -0.3 is 9.64 Å². The summed E-state index contributed by atoms with van der Waals surface area (Å²) >= 11 is 0. The highest BCUT2D eigenvalue weighted by molar-refractivity contribution is 4.96. The maximum absolute atomic E-state index is 5.52. The number of hydrogen-bond donors (Lipinski definition) is 0. The average Bonchev–Trinajstić information content (AvgIpc) is 2.87. The lowest BCUT2D eigenvalue weighted by Gasteiger charge is -2.25. The summed E-state index contributed by atoms with van der Waals surface area (Å²) in [6.07, 6.45) is 7.24. The molecule has 1 saturated heterocycles. The first-order valence-electron chi connectivity index (χ1n) is 6.92. The maximum atomic E-state index is 5.52. The number of hydrogen-bond acceptors (Lipinski definition) is 2. The van der Waals surface area contributed by atoms with Crippen LogP contribution in [0.3, 0.4) is 0 Å². The van der Waals surface area contributed by atoms with Gasteiger partial charge in [-0.1, -0.05) is 20.3 Å². The van der Waals surface area contributed by atoms with Crippen molar-refractivity contribution in [3.63, 3.8) is 0 Å². The third kappa shape index (κ3) is 2.60. The first kappa shape index (κ1) is 12.4. The Morgan fingerprint density at radius 2 is 2.25 bits per heavy atom. The molecule has 0 N–H and O–H groups in total. The van der Waals surface area contributed by atoms with Gasteiger partial charge in [-0.25, -0.2) is 0 Å². The highest BCUT2D eigenvalue weighted by atomic mass is 16.5. The van der Waals surface area contributed by atoms with Crippen LogP contribution in [0.5, 0.6) is 0 Å². The predicted octanol–water partition coefficient (Wildman–Crippen LogP) is 2.92. The maximum Gasteiger partial charge on any atom is 0.0577 e. The van der Waals surface area contributed by atoms with E-state index in [1.807, 2.05) is 7.11 Å². The summed E-state index contributed by atoms with van der Waals surface area (Å²) in [5.41, 5.74) is 0.619. The molecular weight excluding hydrogens is 198 g/mol. The molecule has 1 aliphatic heterocycles. The second kappa shape index (κ2) is 5.05. The molecule has 2 aliphatic rings. The van der Waals surface area contributed by atoms with Crippen molar-refractivity contribution in [2.75, 3.05) is 26.7 Å². The first-order valence-corrected chi connectivity index (χ1v) is 6.92. The van der Waals surface area contributed by atoms with E-state index in [0.717, 1.165) is 5.92 Å². The molecule has 2 nitrogen and oxygen atoms in total. The molecule has 0 aromatic rings. The fourth-order valence-corrected chi connectivity index (χ4v) is 3.48. The number of nitrogens with zero attached hydrogens (tertiary/aromatic N) is 1. The van der Waals surface area contributed by atoms with E-state index >= 15 is 0 Å².